The van der Waals surface area contributed by atoms with Crippen LogP contribution in [0.25, 0.3) is 0 Å². The van der Waals surface area contributed by atoms with Gasteiger partial charge in [-0.05, 0) is 6.07 Å². The van der Waals surface area contributed by atoms with Crippen LogP contribution in [0.3, 0.4) is 0 Å². The fraction of sp³-hybridized carbons (Fsp3) is 0.125. The van der Waals surface area contributed by atoms with E-state index in [2.05, 4.69) is 4.74 Å². The summed E-state index contributed by atoms with van der Waals surface area (Å²) in [4.78, 5) is 24.6. The van der Waals surface area contributed by atoms with Gasteiger partial charge in [0.1, 0.15) is 11.7 Å². The third-order valence-corrected chi connectivity index (χ3v) is 3.56. The van der Waals surface area contributed by atoms with Crippen molar-refractivity contribution in [3.8, 4) is 5.75 Å². The molecule has 0 aliphatic heterocycles. The lowest BCUT2D eigenvalue weighted by atomic mass is 9.93. The molecule has 0 atom stereocenters. The van der Waals surface area contributed by atoms with Gasteiger partial charge in [-0.15, -0.1) is 0 Å². The maximum atomic E-state index is 14.1. The average Bonchev–Trinajstić information content (AvgIpc) is 2.74. The largest absolute Gasteiger partial charge is 0.494 e. The minimum Gasteiger partial charge on any atom is -0.494 e. The van der Waals surface area contributed by atoms with E-state index in [1.54, 1.807) is 12.1 Å². The van der Waals surface area contributed by atoms with Crippen LogP contribution in [0.4, 0.5) is 8.78 Å². The van der Waals surface area contributed by atoms with Crippen molar-refractivity contribution in [3.63, 3.8) is 0 Å². The van der Waals surface area contributed by atoms with E-state index in [9.17, 15) is 18.4 Å². The van der Waals surface area contributed by atoms with Gasteiger partial charge in [0, 0.05) is 22.8 Å². The average molecular weight is 288 g/mol. The van der Waals surface area contributed by atoms with E-state index >= 15 is 0 Å². The maximum absolute atomic E-state index is 14.1. The first kappa shape index (κ1) is 13.4. The molecule has 0 amide bonds. The molecule has 2 aromatic carbocycles. The summed E-state index contributed by atoms with van der Waals surface area (Å²) in [6, 6.07) is 7.95. The molecule has 0 spiro atoms. The molecule has 0 N–H and O–H groups in total. The highest BCUT2D eigenvalue weighted by molar-refractivity contribution is 6.29. The van der Waals surface area contributed by atoms with Gasteiger partial charge in [-0.2, -0.15) is 0 Å². The SMILES string of the molecule is COc1cc(F)c(C2C(=O)c3ccccc3C2=O)cc1F. The van der Waals surface area contributed by atoms with Crippen LogP contribution in [-0.4, -0.2) is 18.7 Å². The highest BCUT2D eigenvalue weighted by Crippen LogP contribution is 2.36. The molecule has 21 heavy (non-hydrogen) atoms. The Morgan fingerprint density at radius 3 is 2.05 bits per heavy atom. The Bertz CT molecular complexity index is 733. The lowest BCUT2D eigenvalue weighted by Gasteiger charge is -2.11. The standard InChI is InChI=1S/C16H10F2O3/c1-21-13-7-11(17)10(6-12(13)18)14-15(19)8-4-2-3-5-9(8)16(14)20/h2-7,14H,1H3. The van der Waals surface area contributed by atoms with Gasteiger partial charge in [0.25, 0.3) is 0 Å². The summed E-state index contributed by atoms with van der Waals surface area (Å²) >= 11 is 0. The Hall–Kier alpha value is -2.56. The molecule has 1 aliphatic rings. The van der Waals surface area contributed by atoms with E-state index in [4.69, 9.17) is 0 Å². The third-order valence-electron chi connectivity index (χ3n) is 3.56. The topological polar surface area (TPSA) is 43.4 Å². The molecule has 0 saturated heterocycles. The van der Waals surface area contributed by atoms with Crippen LogP contribution < -0.4 is 4.74 Å². The van der Waals surface area contributed by atoms with Crippen molar-refractivity contribution in [2.75, 3.05) is 7.11 Å². The Morgan fingerprint density at radius 1 is 0.952 bits per heavy atom. The van der Waals surface area contributed by atoms with Crippen molar-refractivity contribution in [3.05, 3.63) is 64.7 Å². The van der Waals surface area contributed by atoms with Crippen molar-refractivity contribution in [1.82, 2.24) is 0 Å². The monoisotopic (exact) mass is 288 g/mol. The van der Waals surface area contributed by atoms with E-state index < -0.39 is 29.1 Å². The first-order chi connectivity index (χ1) is 10.0. The predicted octanol–water partition coefficient (Wildman–Crippen LogP) is 3.14. The number of ether oxygens (including phenoxy) is 1. The minimum atomic E-state index is -1.33. The summed E-state index contributed by atoms with van der Waals surface area (Å²) < 4.78 is 32.5. The highest BCUT2D eigenvalue weighted by atomic mass is 19.1. The number of ketones is 2. The van der Waals surface area contributed by atoms with Gasteiger partial charge in [-0.1, -0.05) is 24.3 Å². The molecule has 1 aliphatic carbocycles. The Kier molecular flexibility index (Phi) is 3.05. The molecule has 0 heterocycles. The molecule has 0 fully saturated rings. The van der Waals surface area contributed by atoms with Crippen LogP contribution in [-0.2, 0) is 0 Å². The van der Waals surface area contributed by atoms with Crippen LogP contribution in [0.2, 0.25) is 0 Å². The van der Waals surface area contributed by atoms with Gasteiger partial charge in [0.15, 0.2) is 23.1 Å². The number of benzene rings is 2. The summed E-state index contributed by atoms with van der Waals surface area (Å²) in [5.41, 5.74) is 0.214. The Labute approximate surface area is 119 Å². The van der Waals surface area contributed by atoms with Crippen molar-refractivity contribution in [2.45, 2.75) is 5.92 Å². The van der Waals surface area contributed by atoms with Crippen molar-refractivity contribution >= 4 is 11.6 Å². The van der Waals surface area contributed by atoms with Gasteiger partial charge in [-0.3, -0.25) is 9.59 Å². The number of methoxy groups -OCH3 is 1. The lowest BCUT2D eigenvalue weighted by molar-refractivity contribution is 0.0887. The molecule has 0 radical (unpaired) electrons. The minimum absolute atomic E-state index is 0.239. The number of carbonyl (C=O) groups excluding carboxylic acids is 2. The van der Waals surface area contributed by atoms with Crippen molar-refractivity contribution in [1.29, 1.82) is 0 Å². The van der Waals surface area contributed by atoms with Crippen LogP contribution in [0, 0.1) is 11.6 Å². The van der Waals surface area contributed by atoms with Crippen LogP contribution in [0.5, 0.6) is 5.75 Å². The summed E-state index contributed by atoms with van der Waals surface area (Å²) in [6.45, 7) is 0. The van der Waals surface area contributed by atoms with Gasteiger partial charge in [-0.25, -0.2) is 8.78 Å². The van der Waals surface area contributed by atoms with Crippen molar-refractivity contribution in [2.24, 2.45) is 0 Å². The van der Waals surface area contributed by atoms with Gasteiger partial charge in [0.05, 0.1) is 7.11 Å². The molecule has 0 saturated carbocycles. The van der Waals surface area contributed by atoms with E-state index in [-0.39, 0.29) is 22.4 Å². The van der Waals surface area contributed by atoms with Gasteiger partial charge >= 0.3 is 0 Å². The lowest BCUT2D eigenvalue weighted by Crippen LogP contribution is -2.15. The van der Waals surface area contributed by atoms with Crippen LogP contribution in [0.1, 0.15) is 32.2 Å². The summed E-state index contributed by atoms with van der Waals surface area (Å²) in [6.07, 6.45) is 0. The number of halogens is 2. The maximum Gasteiger partial charge on any atom is 0.178 e. The smallest absolute Gasteiger partial charge is 0.178 e. The number of rotatable bonds is 2. The molecule has 2 aromatic rings. The van der Waals surface area contributed by atoms with Gasteiger partial charge in [0.2, 0.25) is 0 Å². The molecule has 0 aromatic heterocycles. The van der Waals surface area contributed by atoms with Crippen LogP contribution in [0.15, 0.2) is 36.4 Å². The number of carbonyl (C=O) groups is 2. The quantitative estimate of drug-likeness (QED) is 0.797. The molecule has 0 bridgehead atoms. The summed E-state index contributed by atoms with van der Waals surface area (Å²) in [5.74, 6) is -4.29. The summed E-state index contributed by atoms with van der Waals surface area (Å²) in [5, 5.41) is 0. The zero-order chi connectivity index (χ0) is 15.1. The zero-order valence-corrected chi connectivity index (χ0v) is 11.0. The Balaban J connectivity index is 2.13. The van der Waals surface area contributed by atoms with Crippen molar-refractivity contribution < 1.29 is 23.1 Å². The zero-order valence-electron chi connectivity index (χ0n) is 11.0. The second-order valence-corrected chi connectivity index (χ2v) is 4.72. The second kappa shape index (κ2) is 4.77. The number of fused-ring (bicyclic) bond motifs is 1. The van der Waals surface area contributed by atoms with Crippen LogP contribution >= 0.6 is 0 Å². The molecule has 0 unspecified atom stereocenters. The molecular formula is C16H10F2O3. The normalized spacial score (nSPS) is 14.4. The van der Waals surface area contributed by atoms with E-state index in [1.165, 1.54) is 19.2 Å². The Morgan fingerprint density at radius 2 is 1.52 bits per heavy atom. The summed E-state index contributed by atoms with van der Waals surface area (Å²) in [7, 11) is 1.21. The number of hydrogen-bond donors (Lipinski definition) is 0. The number of hydrogen-bond acceptors (Lipinski definition) is 3. The van der Waals surface area contributed by atoms with E-state index in [0.717, 1.165) is 12.1 Å². The fourth-order valence-corrected chi connectivity index (χ4v) is 2.55. The fourth-order valence-electron chi connectivity index (χ4n) is 2.55. The first-order valence-corrected chi connectivity index (χ1v) is 6.25. The number of Topliss-reactive ketones (excluding diaryl/α,β-unsaturated/α-hetero) is 2. The third kappa shape index (κ3) is 1.93. The molecule has 3 rings (SSSR count). The highest BCUT2D eigenvalue weighted by Gasteiger charge is 2.41. The predicted molar refractivity (Wildman–Crippen MR) is 70.8 cm³/mol. The molecule has 5 heteroatoms. The first-order valence-electron chi connectivity index (χ1n) is 6.25. The van der Waals surface area contributed by atoms with Gasteiger partial charge < -0.3 is 4.74 Å². The van der Waals surface area contributed by atoms with E-state index in [0.29, 0.717) is 0 Å². The second-order valence-electron chi connectivity index (χ2n) is 4.72. The molecule has 106 valence electrons. The molecular weight excluding hydrogens is 278 g/mol. The molecule has 3 nitrogen and oxygen atoms in total. The van der Waals surface area contributed by atoms with E-state index in [1.807, 2.05) is 0 Å².